The van der Waals surface area contributed by atoms with Crippen molar-refractivity contribution in [2.45, 2.75) is 10.6 Å². The predicted molar refractivity (Wildman–Crippen MR) is 96.1 cm³/mol. The van der Waals surface area contributed by atoms with Crippen molar-refractivity contribution in [3.05, 3.63) is 96.1 Å². The second-order valence-corrected chi connectivity index (χ2v) is 5.93. The van der Waals surface area contributed by atoms with Crippen molar-refractivity contribution in [3.63, 3.8) is 0 Å². The van der Waals surface area contributed by atoms with Gasteiger partial charge in [-0.05, 0) is 23.3 Å². The van der Waals surface area contributed by atoms with Gasteiger partial charge in [-0.25, -0.2) is 0 Å². The largest absolute Gasteiger partial charge is 0.255 e. The van der Waals surface area contributed by atoms with Crippen molar-refractivity contribution in [1.82, 2.24) is 0 Å². The lowest BCUT2D eigenvalue weighted by Gasteiger charge is -2.05. The molecule has 0 bridgehead atoms. The average Bonchev–Trinajstić information content (AvgIpc) is 2.61. The average molecular weight is 303 g/mol. The van der Waals surface area contributed by atoms with Gasteiger partial charge in [0.1, 0.15) is 0 Å². The second kappa shape index (κ2) is 7.62. The molecule has 0 atom stereocenters. The molecule has 0 fully saturated rings. The van der Waals surface area contributed by atoms with Crippen molar-refractivity contribution >= 4 is 23.7 Å². The van der Waals surface area contributed by atoms with E-state index < -0.39 is 0 Å². The van der Waals surface area contributed by atoms with Gasteiger partial charge in [0.15, 0.2) is 0 Å². The molecule has 0 heterocycles. The van der Waals surface area contributed by atoms with E-state index in [1.165, 1.54) is 10.5 Å². The Labute approximate surface area is 135 Å². The molecule has 0 unspecified atom stereocenters. The molecule has 3 aromatic carbocycles. The van der Waals surface area contributed by atoms with E-state index in [9.17, 15) is 0 Å². The zero-order chi connectivity index (χ0) is 15.0. The summed E-state index contributed by atoms with van der Waals surface area (Å²) < 4.78 is 0. The summed E-state index contributed by atoms with van der Waals surface area (Å²) >= 11 is 1.82. The quantitative estimate of drug-likeness (QED) is 0.433. The Bertz CT molecular complexity index is 736. The van der Waals surface area contributed by atoms with Gasteiger partial charge < -0.3 is 0 Å². The first-order chi connectivity index (χ1) is 10.9. The van der Waals surface area contributed by atoms with Crippen LogP contribution in [-0.4, -0.2) is 6.21 Å². The monoisotopic (exact) mass is 303 g/mol. The van der Waals surface area contributed by atoms with Crippen LogP contribution in [-0.2, 0) is 5.75 Å². The minimum atomic E-state index is 0.957. The highest BCUT2D eigenvalue weighted by Crippen LogP contribution is 2.31. The lowest BCUT2D eigenvalue weighted by molar-refractivity contribution is 1.35. The van der Waals surface area contributed by atoms with Crippen molar-refractivity contribution in [3.8, 4) is 0 Å². The molecule has 108 valence electrons. The molecular formula is C20H17NS. The molecule has 0 saturated heterocycles. The first-order valence-corrected chi connectivity index (χ1v) is 8.25. The van der Waals surface area contributed by atoms with Crippen LogP contribution in [0.2, 0.25) is 0 Å². The Balaban J connectivity index is 1.74. The van der Waals surface area contributed by atoms with Crippen LogP contribution in [0.3, 0.4) is 0 Å². The zero-order valence-electron chi connectivity index (χ0n) is 12.2. The van der Waals surface area contributed by atoms with Gasteiger partial charge in [0.25, 0.3) is 0 Å². The van der Waals surface area contributed by atoms with E-state index >= 15 is 0 Å². The van der Waals surface area contributed by atoms with E-state index in [-0.39, 0.29) is 0 Å². The van der Waals surface area contributed by atoms with Crippen LogP contribution >= 0.6 is 11.8 Å². The van der Waals surface area contributed by atoms with E-state index in [4.69, 9.17) is 0 Å². The number of nitrogens with zero attached hydrogens (tertiary/aromatic N) is 1. The number of benzene rings is 3. The maximum atomic E-state index is 4.64. The van der Waals surface area contributed by atoms with Gasteiger partial charge >= 0.3 is 0 Å². The first kappa shape index (κ1) is 14.6. The topological polar surface area (TPSA) is 12.4 Å². The number of rotatable bonds is 5. The van der Waals surface area contributed by atoms with Gasteiger partial charge in [-0.3, -0.25) is 4.99 Å². The van der Waals surface area contributed by atoms with E-state index in [1.807, 2.05) is 48.3 Å². The van der Waals surface area contributed by atoms with Crippen molar-refractivity contribution in [1.29, 1.82) is 0 Å². The number of aliphatic imine (C=N–C) groups is 1. The summed E-state index contributed by atoms with van der Waals surface area (Å²) in [4.78, 5) is 5.85. The fourth-order valence-corrected chi connectivity index (χ4v) is 3.06. The van der Waals surface area contributed by atoms with Crippen molar-refractivity contribution in [2.24, 2.45) is 4.99 Å². The Morgan fingerprint density at radius 1 is 0.727 bits per heavy atom. The van der Waals surface area contributed by atoms with Crippen LogP contribution in [0.15, 0.2) is 94.8 Å². The molecule has 22 heavy (non-hydrogen) atoms. The molecular weight excluding hydrogens is 286 g/mol. The van der Waals surface area contributed by atoms with Gasteiger partial charge in [0.2, 0.25) is 0 Å². The standard InChI is InChI=1S/C20H17NS/c1-3-9-17(10-4-1)15-21-19-13-7-8-14-20(19)22-16-18-11-5-2-6-12-18/h1-15H,16H2. The third-order valence-electron chi connectivity index (χ3n) is 3.25. The van der Waals surface area contributed by atoms with E-state index in [1.54, 1.807) is 0 Å². The Morgan fingerprint density at radius 3 is 2.14 bits per heavy atom. The van der Waals surface area contributed by atoms with Gasteiger partial charge in [-0.1, -0.05) is 72.8 Å². The second-order valence-electron chi connectivity index (χ2n) is 4.91. The van der Waals surface area contributed by atoms with Crippen molar-refractivity contribution < 1.29 is 0 Å². The van der Waals surface area contributed by atoms with E-state index in [2.05, 4.69) is 59.6 Å². The van der Waals surface area contributed by atoms with Crippen LogP contribution < -0.4 is 0 Å². The number of hydrogen-bond acceptors (Lipinski definition) is 2. The molecule has 0 saturated carbocycles. The lowest BCUT2D eigenvalue weighted by atomic mass is 10.2. The lowest BCUT2D eigenvalue weighted by Crippen LogP contribution is -1.82. The van der Waals surface area contributed by atoms with Crippen LogP contribution in [0.1, 0.15) is 11.1 Å². The molecule has 0 aliphatic carbocycles. The molecule has 0 aliphatic heterocycles. The summed E-state index contributed by atoms with van der Waals surface area (Å²) in [5.74, 6) is 0.957. The maximum Gasteiger partial charge on any atom is 0.0765 e. The molecule has 0 N–H and O–H groups in total. The Kier molecular flexibility index (Phi) is 5.06. The van der Waals surface area contributed by atoms with Crippen molar-refractivity contribution in [2.75, 3.05) is 0 Å². The molecule has 0 radical (unpaired) electrons. The van der Waals surface area contributed by atoms with E-state index in [0.717, 1.165) is 17.0 Å². The number of para-hydroxylation sites is 1. The van der Waals surface area contributed by atoms with Crippen LogP contribution in [0, 0.1) is 0 Å². The van der Waals surface area contributed by atoms with Gasteiger partial charge in [-0.2, -0.15) is 0 Å². The van der Waals surface area contributed by atoms with E-state index in [0.29, 0.717) is 0 Å². The predicted octanol–water partition coefficient (Wildman–Crippen LogP) is 5.73. The molecule has 2 heteroatoms. The maximum absolute atomic E-state index is 4.64. The molecule has 0 aromatic heterocycles. The molecule has 0 amide bonds. The fraction of sp³-hybridized carbons (Fsp3) is 0.0500. The normalized spacial score (nSPS) is 10.9. The van der Waals surface area contributed by atoms with Gasteiger partial charge in [-0.15, -0.1) is 11.8 Å². The molecule has 3 rings (SSSR count). The highest BCUT2D eigenvalue weighted by Gasteiger charge is 2.01. The summed E-state index contributed by atoms with van der Waals surface area (Å²) in [6.07, 6.45) is 1.92. The first-order valence-electron chi connectivity index (χ1n) is 7.27. The summed E-state index contributed by atoms with van der Waals surface area (Å²) in [7, 11) is 0. The van der Waals surface area contributed by atoms with Crippen LogP contribution in [0.4, 0.5) is 5.69 Å². The minimum absolute atomic E-state index is 0.957. The summed E-state index contributed by atoms with van der Waals surface area (Å²) in [5.41, 5.74) is 3.46. The molecule has 0 spiro atoms. The number of hydrogen-bond donors (Lipinski definition) is 0. The Morgan fingerprint density at radius 2 is 1.36 bits per heavy atom. The molecule has 0 aliphatic rings. The summed E-state index contributed by atoms with van der Waals surface area (Å²) in [6, 6.07) is 29.0. The third kappa shape index (κ3) is 4.09. The summed E-state index contributed by atoms with van der Waals surface area (Å²) in [6.45, 7) is 0. The van der Waals surface area contributed by atoms with Crippen LogP contribution in [0.25, 0.3) is 0 Å². The third-order valence-corrected chi connectivity index (χ3v) is 4.39. The highest BCUT2D eigenvalue weighted by molar-refractivity contribution is 7.98. The SMILES string of the molecule is C(=Nc1ccccc1SCc1ccccc1)c1ccccc1. The fourth-order valence-electron chi connectivity index (χ4n) is 2.10. The minimum Gasteiger partial charge on any atom is -0.255 e. The summed E-state index contributed by atoms with van der Waals surface area (Å²) in [5, 5.41) is 0. The zero-order valence-corrected chi connectivity index (χ0v) is 13.0. The van der Waals surface area contributed by atoms with Gasteiger partial charge in [0.05, 0.1) is 5.69 Å². The van der Waals surface area contributed by atoms with Crippen LogP contribution in [0.5, 0.6) is 0 Å². The number of thioether (sulfide) groups is 1. The highest BCUT2D eigenvalue weighted by atomic mass is 32.2. The smallest absolute Gasteiger partial charge is 0.0765 e. The molecule has 3 aromatic rings. The molecule has 1 nitrogen and oxygen atoms in total. The Hall–Kier alpha value is -2.32. The van der Waals surface area contributed by atoms with Gasteiger partial charge in [0, 0.05) is 16.9 Å².